The average molecular weight is 442 g/mol. The molecular formula is C16H14Br2N2O3. The Morgan fingerprint density at radius 1 is 1.04 bits per heavy atom. The third-order valence-electron chi connectivity index (χ3n) is 2.90. The highest BCUT2D eigenvalue weighted by molar-refractivity contribution is 9.10. The van der Waals surface area contributed by atoms with Gasteiger partial charge in [0, 0.05) is 14.5 Å². The largest absolute Gasteiger partial charge is 0.483 e. The third kappa shape index (κ3) is 5.37. The highest BCUT2D eigenvalue weighted by atomic mass is 79.9. The van der Waals surface area contributed by atoms with Gasteiger partial charge < -0.3 is 4.74 Å². The summed E-state index contributed by atoms with van der Waals surface area (Å²) in [5, 5.41) is 0. The summed E-state index contributed by atoms with van der Waals surface area (Å²) in [6, 6.07) is 12.3. The average Bonchev–Trinajstić information content (AvgIpc) is 2.51. The van der Waals surface area contributed by atoms with Gasteiger partial charge >= 0.3 is 0 Å². The van der Waals surface area contributed by atoms with Crippen LogP contribution in [0, 0.1) is 6.92 Å². The minimum atomic E-state index is -0.448. The Morgan fingerprint density at radius 2 is 1.78 bits per heavy atom. The quantitative estimate of drug-likeness (QED) is 0.715. The van der Waals surface area contributed by atoms with Crippen molar-refractivity contribution in [2.24, 2.45) is 0 Å². The van der Waals surface area contributed by atoms with E-state index in [1.54, 1.807) is 24.3 Å². The number of hydrazine groups is 1. The molecule has 0 bridgehead atoms. The van der Waals surface area contributed by atoms with Crippen LogP contribution in [0.5, 0.6) is 5.75 Å². The SMILES string of the molecule is Cc1cc(Br)ccc1OCC(=O)NNC(=O)c1cccc(Br)c1. The molecule has 0 aliphatic heterocycles. The topological polar surface area (TPSA) is 67.4 Å². The second kappa shape index (κ2) is 8.12. The van der Waals surface area contributed by atoms with Crippen LogP contribution in [0.15, 0.2) is 51.4 Å². The lowest BCUT2D eigenvalue weighted by Gasteiger charge is -2.10. The van der Waals surface area contributed by atoms with Crippen molar-refractivity contribution in [1.82, 2.24) is 10.9 Å². The molecule has 0 unspecified atom stereocenters. The summed E-state index contributed by atoms with van der Waals surface area (Å²) in [6.45, 7) is 1.69. The Hall–Kier alpha value is -1.86. The maximum atomic E-state index is 11.9. The zero-order valence-corrected chi connectivity index (χ0v) is 15.4. The number of hydrogen-bond acceptors (Lipinski definition) is 3. The fraction of sp³-hybridized carbons (Fsp3) is 0.125. The molecule has 2 amide bonds. The molecule has 2 aromatic rings. The number of amides is 2. The van der Waals surface area contributed by atoms with E-state index in [4.69, 9.17) is 4.74 Å². The van der Waals surface area contributed by atoms with E-state index in [1.807, 2.05) is 25.1 Å². The third-order valence-corrected chi connectivity index (χ3v) is 3.88. The summed E-state index contributed by atoms with van der Waals surface area (Å²) in [5.41, 5.74) is 5.99. The summed E-state index contributed by atoms with van der Waals surface area (Å²) < 4.78 is 7.14. The summed E-state index contributed by atoms with van der Waals surface area (Å²) in [6.07, 6.45) is 0. The van der Waals surface area contributed by atoms with Crippen molar-refractivity contribution in [3.63, 3.8) is 0 Å². The molecule has 0 saturated heterocycles. The van der Waals surface area contributed by atoms with Crippen molar-refractivity contribution in [2.75, 3.05) is 6.61 Å². The molecule has 0 aliphatic rings. The zero-order valence-electron chi connectivity index (χ0n) is 12.2. The van der Waals surface area contributed by atoms with Crippen LogP contribution in [0.4, 0.5) is 0 Å². The molecule has 0 heterocycles. The summed E-state index contributed by atoms with van der Waals surface area (Å²) in [5.74, 6) is -0.239. The van der Waals surface area contributed by atoms with Crippen molar-refractivity contribution in [2.45, 2.75) is 6.92 Å². The minimum absolute atomic E-state index is 0.193. The molecule has 120 valence electrons. The fourth-order valence-corrected chi connectivity index (χ4v) is 2.66. The molecule has 0 spiro atoms. The predicted molar refractivity (Wildman–Crippen MR) is 94.1 cm³/mol. The smallest absolute Gasteiger partial charge is 0.276 e. The van der Waals surface area contributed by atoms with E-state index in [0.717, 1.165) is 14.5 Å². The number of halogens is 2. The van der Waals surface area contributed by atoms with Crippen LogP contribution in [0.2, 0.25) is 0 Å². The molecule has 2 rings (SSSR count). The first-order chi connectivity index (χ1) is 11.0. The number of aryl methyl sites for hydroxylation is 1. The second-order valence-electron chi connectivity index (χ2n) is 4.71. The Kier molecular flexibility index (Phi) is 6.18. The highest BCUT2D eigenvalue weighted by Crippen LogP contribution is 2.21. The van der Waals surface area contributed by atoms with E-state index in [0.29, 0.717) is 11.3 Å². The van der Waals surface area contributed by atoms with E-state index in [1.165, 1.54) is 0 Å². The highest BCUT2D eigenvalue weighted by Gasteiger charge is 2.09. The van der Waals surface area contributed by atoms with Gasteiger partial charge in [-0.1, -0.05) is 37.9 Å². The second-order valence-corrected chi connectivity index (χ2v) is 6.54. The van der Waals surface area contributed by atoms with Gasteiger partial charge in [-0.25, -0.2) is 0 Å². The molecule has 0 saturated carbocycles. The minimum Gasteiger partial charge on any atom is -0.483 e. The van der Waals surface area contributed by atoms with Crippen LogP contribution in [0.25, 0.3) is 0 Å². The maximum absolute atomic E-state index is 11.9. The van der Waals surface area contributed by atoms with Gasteiger partial charge in [0.05, 0.1) is 0 Å². The van der Waals surface area contributed by atoms with Gasteiger partial charge in [0.25, 0.3) is 11.8 Å². The molecule has 0 radical (unpaired) electrons. The van der Waals surface area contributed by atoms with Gasteiger partial charge in [-0.2, -0.15) is 0 Å². The molecular weight excluding hydrogens is 428 g/mol. The van der Waals surface area contributed by atoms with Crippen LogP contribution in [0.3, 0.4) is 0 Å². The van der Waals surface area contributed by atoms with Gasteiger partial charge in [0.15, 0.2) is 6.61 Å². The lowest BCUT2D eigenvalue weighted by atomic mass is 10.2. The Labute approximate surface area is 150 Å². The van der Waals surface area contributed by atoms with Crippen LogP contribution in [0.1, 0.15) is 15.9 Å². The normalized spacial score (nSPS) is 10.0. The van der Waals surface area contributed by atoms with E-state index in [9.17, 15) is 9.59 Å². The van der Waals surface area contributed by atoms with Crippen LogP contribution in [-0.4, -0.2) is 18.4 Å². The van der Waals surface area contributed by atoms with Gasteiger partial charge in [-0.3, -0.25) is 20.4 Å². The molecule has 2 aromatic carbocycles. The van der Waals surface area contributed by atoms with Crippen molar-refractivity contribution in [3.8, 4) is 5.75 Å². The van der Waals surface area contributed by atoms with E-state index in [2.05, 4.69) is 42.7 Å². The van der Waals surface area contributed by atoms with Crippen molar-refractivity contribution >= 4 is 43.7 Å². The number of carbonyl (C=O) groups is 2. The van der Waals surface area contributed by atoms with Crippen LogP contribution in [-0.2, 0) is 4.79 Å². The van der Waals surface area contributed by atoms with Crippen LogP contribution >= 0.6 is 31.9 Å². The Bertz CT molecular complexity index is 735. The zero-order chi connectivity index (χ0) is 16.8. The molecule has 23 heavy (non-hydrogen) atoms. The Balaban J connectivity index is 1.82. The molecule has 0 aliphatic carbocycles. The molecule has 2 N–H and O–H groups in total. The first-order valence-corrected chi connectivity index (χ1v) is 8.28. The van der Waals surface area contributed by atoms with Crippen molar-refractivity contribution < 1.29 is 14.3 Å². The first kappa shape index (κ1) is 17.5. The number of nitrogens with one attached hydrogen (secondary N) is 2. The summed E-state index contributed by atoms with van der Waals surface area (Å²) >= 11 is 6.64. The lowest BCUT2D eigenvalue weighted by Crippen LogP contribution is -2.43. The van der Waals surface area contributed by atoms with Gasteiger partial charge in [0.1, 0.15) is 5.75 Å². The molecule has 5 nitrogen and oxygen atoms in total. The first-order valence-electron chi connectivity index (χ1n) is 6.69. The standard InChI is InChI=1S/C16H14Br2N2O3/c1-10-7-13(18)5-6-14(10)23-9-15(21)19-20-16(22)11-3-2-4-12(17)8-11/h2-8H,9H2,1H3,(H,19,21)(H,20,22). The van der Waals surface area contributed by atoms with E-state index >= 15 is 0 Å². The van der Waals surface area contributed by atoms with Crippen LogP contribution < -0.4 is 15.6 Å². The summed E-state index contributed by atoms with van der Waals surface area (Å²) in [7, 11) is 0. The predicted octanol–water partition coefficient (Wildman–Crippen LogP) is 3.36. The van der Waals surface area contributed by atoms with E-state index < -0.39 is 11.8 Å². The number of hydrogen-bond donors (Lipinski definition) is 2. The fourth-order valence-electron chi connectivity index (χ4n) is 1.78. The molecule has 0 atom stereocenters. The van der Waals surface area contributed by atoms with Crippen molar-refractivity contribution in [1.29, 1.82) is 0 Å². The monoisotopic (exact) mass is 440 g/mol. The number of carbonyl (C=O) groups excluding carboxylic acids is 2. The number of benzene rings is 2. The van der Waals surface area contributed by atoms with Gasteiger partial charge in [-0.15, -0.1) is 0 Å². The molecule has 7 heteroatoms. The number of ether oxygens (including phenoxy) is 1. The van der Waals surface area contributed by atoms with Gasteiger partial charge in [-0.05, 0) is 48.9 Å². The van der Waals surface area contributed by atoms with Crippen molar-refractivity contribution in [3.05, 3.63) is 62.5 Å². The maximum Gasteiger partial charge on any atom is 0.276 e. The number of rotatable bonds is 4. The Morgan fingerprint density at radius 3 is 2.48 bits per heavy atom. The molecule has 0 aromatic heterocycles. The lowest BCUT2D eigenvalue weighted by molar-refractivity contribution is -0.123. The van der Waals surface area contributed by atoms with E-state index in [-0.39, 0.29) is 6.61 Å². The van der Waals surface area contributed by atoms with Gasteiger partial charge in [0.2, 0.25) is 0 Å². The molecule has 0 fully saturated rings. The summed E-state index contributed by atoms with van der Waals surface area (Å²) in [4.78, 5) is 23.6.